The molecule has 0 aliphatic carbocycles. The number of imidazole rings is 1. The summed E-state index contributed by atoms with van der Waals surface area (Å²) < 4.78 is 28.6. The van der Waals surface area contributed by atoms with Gasteiger partial charge in [-0.05, 0) is 0 Å². The van der Waals surface area contributed by atoms with Crippen LogP contribution in [0.2, 0.25) is 0 Å². The Balaban J connectivity index is 1.28. The summed E-state index contributed by atoms with van der Waals surface area (Å²) in [4.78, 5) is 54.9. The van der Waals surface area contributed by atoms with Crippen molar-refractivity contribution in [3.8, 4) is 0 Å². The average molecular weight is 523 g/mol. The molecule has 1 aliphatic rings. The number of phosphoric ester groups is 1. The average Bonchev–Trinajstić information content (AvgIpc) is 3.50. The number of aromatic amines is 2. The van der Waals surface area contributed by atoms with Gasteiger partial charge in [0.1, 0.15) is 35.8 Å². The monoisotopic (exact) mass is 523 g/mol. The van der Waals surface area contributed by atoms with Crippen LogP contribution in [-0.4, -0.2) is 80.5 Å². The van der Waals surface area contributed by atoms with Gasteiger partial charge in [-0.2, -0.15) is 4.98 Å². The Morgan fingerprint density at radius 1 is 1.25 bits per heavy atom. The summed E-state index contributed by atoms with van der Waals surface area (Å²) in [5.74, 6) is -1.48. The van der Waals surface area contributed by atoms with Gasteiger partial charge in [-0.1, -0.05) is 0 Å². The maximum Gasteiger partial charge on any atom is 0.529 e. The number of hydrogen-bond acceptors (Lipinski definition) is 14. The summed E-state index contributed by atoms with van der Waals surface area (Å²) >= 11 is 0. The molecular weight excluding hydrogens is 505 g/mol. The number of ether oxygens (including phenoxy) is 1. The van der Waals surface area contributed by atoms with Gasteiger partial charge in [-0.3, -0.25) is 23.8 Å². The first-order chi connectivity index (χ1) is 17.1. The second kappa shape index (κ2) is 8.63. The van der Waals surface area contributed by atoms with E-state index in [1.165, 1.54) is 17.2 Å². The highest BCUT2D eigenvalue weighted by molar-refractivity contribution is 7.48. The van der Waals surface area contributed by atoms with Gasteiger partial charge in [0.05, 0.1) is 23.9 Å². The zero-order valence-electron chi connectivity index (χ0n) is 17.9. The predicted molar refractivity (Wildman–Crippen MR) is 118 cm³/mol. The Morgan fingerprint density at radius 2 is 2.03 bits per heavy atom. The highest BCUT2D eigenvalue weighted by Crippen LogP contribution is 2.45. The molecule has 1 aliphatic heterocycles. The van der Waals surface area contributed by atoms with Crippen molar-refractivity contribution in [2.75, 3.05) is 18.1 Å². The lowest BCUT2D eigenvalue weighted by molar-refractivity contribution is -0.0508. The van der Waals surface area contributed by atoms with E-state index in [0.717, 1.165) is 6.20 Å². The van der Waals surface area contributed by atoms with Crippen LogP contribution in [0.15, 0.2) is 23.6 Å². The third-order valence-electron chi connectivity index (χ3n) is 5.38. The number of aliphatic hydroxyl groups is 2. The molecule has 19 heteroatoms. The van der Waals surface area contributed by atoms with E-state index in [2.05, 4.69) is 34.4 Å². The standard InChI is InChI=1S/C17H18N9O9P/c18-11-8-13(22-3-21-11)26(4-23-8)15-10(28)9(27)6(34-15)2-33-36(31,32)35-16(30)5-1-20-12-7(5)14(29)25-17(19)24-12/h1,3-4,6,9-10,15,27-28H,2H2,(H,31,32)(H2,18,21,22)(H4,19,20,24,25,29)/t6-,9-,10-,15-/m1/s1. The molecule has 1 saturated heterocycles. The normalized spacial score (nSPS) is 23.8. The fraction of sp³-hybridized carbons (Fsp3) is 0.294. The SMILES string of the molecule is Nc1nc2[nH]cc(C(=O)OP(=O)(O)OC[C@H]3O[C@@H](n4cnc5c(N)ncnc54)[C@H](O)[C@@H]3O)c2c(=O)[nH]1. The van der Waals surface area contributed by atoms with Gasteiger partial charge in [-0.25, -0.2) is 24.3 Å². The lowest BCUT2D eigenvalue weighted by atomic mass is 10.1. The van der Waals surface area contributed by atoms with Crippen molar-refractivity contribution in [3.63, 3.8) is 0 Å². The van der Waals surface area contributed by atoms with Crippen LogP contribution in [0, 0.1) is 0 Å². The molecule has 4 aromatic rings. The Kier molecular flexibility index (Phi) is 5.70. The van der Waals surface area contributed by atoms with Crippen molar-refractivity contribution >= 4 is 47.8 Å². The van der Waals surface area contributed by atoms with Gasteiger partial charge in [0.2, 0.25) is 5.95 Å². The lowest BCUT2D eigenvalue weighted by Gasteiger charge is -2.17. The van der Waals surface area contributed by atoms with Gasteiger partial charge in [0.15, 0.2) is 17.7 Å². The molecule has 5 atom stereocenters. The molecular formula is C17H18N9O9P. The molecule has 0 saturated carbocycles. The number of aromatic nitrogens is 7. The van der Waals surface area contributed by atoms with Crippen LogP contribution in [0.25, 0.3) is 22.2 Å². The van der Waals surface area contributed by atoms with E-state index >= 15 is 0 Å². The molecule has 5 heterocycles. The second-order valence-electron chi connectivity index (χ2n) is 7.65. The molecule has 36 heavy (non-hydrogen) atoms. The molecule has 9 N–H and O–H groups in total. The number of aliphatic hydroxyl groups excluding tert-OH is 2. The summed E-state index contributed by atoms with van der Waals surface area (Å²) in [5.41, 5.74) is 10.4. The maximum atomic E-state index is 12.4. The van der Waals surface area contributed by atoms with Gasteiger partial charge >= 0.3 is 13.8 Å². The zero-order chi connectivity index (χ0) is 25.8. The van der Waals surface area contributed by atoms with Crippen molar-refractivity contribution in [1.82, 2.24) is 34.5 Å². The number of nitrogen functional groups attached to an aromatic ring is 2. The summed E-state index contributed by atoms with van der Waals surface area (Å²) in [6.45, 7) is -0.758. The number of carbonyl (C=O) groups excluding carboxylic acids is 1. The van der Waals surface area contributed by atoms with Crippen molar-refractivity contribution in [1.29, 1.82) is 0 Å². The molecule has 4 aromatic heterocycles. The van der Waals surface area contributed by atoms with Crippen LogP contribution in [0.3, 0.4) is 0 Å². The molecule has 0 amide bonds. The van der Waals surface area contributed by atoms with Gasteiger partial charge in [0.25, 0.3) is 5.56 Å². The number of nitrogens with zero attached hydrogens (tertiary/aromatic N) is 5. The van der Waals surface area contributed by atoms with Crippen LogP contribution in [-0.2, 0) is 18.3 Å². The fourth-order valence-electron chi connectivity index (χ4n) is 3.72. The van der Waals surface area contributed by atoms with E-state index in [-0.39, 0.29) is 34.0 Å². The second-order valence-corrected chi connectivity index (χ2v) is 9.03. The van der Waals surface area contributed by atoms with Gasteiger partial charge < -0.3 is 35.9 Å². The van der Waals surface area contributed by atoms with Gasteiger partial charge in [0, 0.05) is 6.20 Å². The fourth-order valence-corrected chi connectivity index (χ4v) is 4.42. The number of fused-ring (bicyclic) bond motifs is 2. The molecule has 1 unspecified atom stereocenters. The van der Waals surface area contributed by atoms with Crippen molar-refractivity contribution in [2.45, 2.75) is 24.5 Å². The number of nitrogens with two attached hydrogens (primary N) is 2. The van der Waals surface area contributed by atoms with E-state index in [0.29, 0.717) is 0 Å². The molecule has 0 bridgehead atoms. The van der Waals surface area contributed by atoms with Crippen LogP contribution in [0.4, 0.5) is 11.8 Å². The van der Waals surface area contributed by atoms with Crippen molar-refractivity contribution < 1.29 is 38.3 Å². The number of rotatable bonds is 6. The molecule has 0 spiro atoms. The number of phosphoric acid groups is 1. The highest BCUT2D eigenvalue weighted by atomic mass is 31.2. The number of H-pyrrole nitrogens is 2. The quantitative estimate of drug-likeness (QED) is 0.137. The first-order valence-corrected chi connectivity index (χ1v) is 11.6. The summed E-state index contributed by atoms with van der Waals surface area (Å²) in [5, 5.41) is 20.6. The zero-order valence-corrected chi connectivity index (χ0v) is 18.8. The van der Waals surface area contributed by atoms with E-state index in [1.807, 2.05) is 0 Å². The Morgan fingerprint density at radius 3 is 2.81 bits per heavy atom. The molecule has 190 valence electrons. The predicted octanol–water partition coefficient (Wildman–Crippen LogP) is -1.85. The maximum absolute atomic E-state index is 12.4. The van der Waals surface area contributed by atoms with E-state index < -0.39 is 56.1 Å². The summed E-state index contributed by atoms with van der Waals surface area (Å²) in [6.07, 6.45) is -2.10. The third-order valence-corrected chi connectivity index (χ3v) is 6.25. The van der Waals surface area contributed by atoms with Crippen molar-refractivity contribution in [3.05, 3.63) is 34.8 Å². The van der Waals surface area contributed by atoms with Crippen LogP contribution >= 0.6 is 7.82 Å². The topological polar surface area (TPSA) is 280 Å². The first kappa shape index (κ1) is 23.8. The van der Waals surface area contributed by atoms with E-state index in [4.69, 9.17) is 20.7 Å². The first-order valence-electron chi connectivity index (χ1n) is 10.1. The van der Waals surface area contributed by atoms with Crippen LogP contribution in [0.5, 0.6) is 0 Å². The van der Waals surface area contributed by atoms with Crippen molar-refractivity contribution in [2.24, 2.45) is 0 Å². The molecule has 18 nitrogen and oxygen atoms in total. The number of nitrogens with one attached hydrogen (secondary N) is 2. The largest absolute Gasteiger partial charge is 0.529 e. The molecule has 1 fully saturated rings. The Hall–Kier alpha value is -3.93. The minimum Gasteiger partial charge on any atom is -0.387 e. The minimum atomic E-state index is -5.07. The molecule has 0 aromatic carbocycles. The number of carbonyl (C=O) groups is 1. The Bertz CT molecular complexity index is 1580. The summed E-state index contributed by atoms with van der Waals surface area (Å²) in [6, 6.07) is 0. The van der Waals surface area contributed by atoms with Crippen LogP contribution < -0.4 is 17.0 Å². The smallest absolute Gasteiger partial charge is 0.387 e. The molecule has 0 radical (unpaired) electrons. The van der Waals surface area contributed by atoms with Gasteiger partial charge in [-0.15, -0.1) is 0 Å². The Labute approximate surface area is 198 Å². The minimum absolute atomic E-state index is 0.0431. The molecule has 5 rings (SSSR count). The highest BCUT2D eigenvalue weighted by Gasteiger charge is 2.45. The van der Waals surface area contributed by atoms with E-state index in [9.17, 15) is 29.3 Å². The third kappa shape index (κ3) is 4.06. The summed E-state index contributed by atoms with van der Waals surface area (Å²) in [7, 11) is -5.07. The number of anilines is 2. The van der Waals surface area contributed by atoms with Crippen LogP contribution in [0.1, 0.15) is 16.6 Å². The number of hydrogen-bond donors (Lipinski definition) is 7. The van der Waals surface area contributed by atoms with E-state index in [1.54, 1.807) is 0 Å². The lowest BCUT2D eigenvalue weighted by Crippen LogP contribution is -2.33.